The number of nitro benzene ring substituents is 1. The van der Waals surface area contributed by atoms with Crippen molar-refractivity contribution in [2.75, 3.05) is 0 Å². The monoisotopic (exact) mass is 360 g/mol. The first kappa shape index (κ1) is 16.3. The first-order valence-electron chi connectivity index (χ1n) is 7.88. The topological polar surface area (TPSA) is 141 Å². The van der Waals surface area contributed by atoms with Crippen LogP contribution in [0, 0.1) is 10.1 Å². The molecule has 2 aromatic carbocycles. The number of nitro groups is 1. The summed E-state index contributed by atoms with van der Waals surface area (Å²) in [4.78, 5) is 38.0. The molecule has 0 saturated carbocycles. The van der Waals surface area contributed by atoms with Crippen molar-refractivity contribution >= 4 is 22.8 Å². The van der Waals surface area contributed by atoms with E-state index in [0.717, 1.165) is 0 Å². The van der Waals surface area contributed by atoms with E-state index < -0.39 is 10.8 Å². The van der Waals surface area contributed by atoms with Crippen molar-refractivity contribution in [2.24, 2.45) is 5.73 Å². The molecule has 0 aliphatic carbocycles. The van der Waals surface area contributed by atoms with Crippen LogP contribution in [-0.2, 0) is 0 Å². The van der Waals surface area contributed by atoms with Crippen molar-refractivity contribution in [3.8, 4) is 22.4 Å². The average molecular weight is 360 g/mol. The van der Waals surface area contributed by atoms with Crippen LogP contribution in [-0.4, -0.2) is 30.8 Å². The zero-order chi connectivity index (χ0) is 19.0. The van der Waals surface area contributed by atoms with Crippen LogP contribution >= 0.6 is 0 Å². The Morgan fingerprint density at radius 1 is 1.07 bits per heavy atom. The molecule has 0 fully saturated rings. The number of benzene rings is 2. The van der Waals surface area contributed by atoms with E-state index in [1.807, 2.05) is 0 Å². The minimum Gasteiger partial charge on any atom is -0.366 e. The van der Waals surface area contributed by atoms with Gasteiger partial charge in [0.05, 0.1) is 11.3 Å². The third-order valence-corrected chi connectivity index (χ3v) is 4.18. The SMILES string of the molecule is NC(=O)c1cccc(-c2ccc([N+](=O)[O-])cc2)c1-c1ncnc2nc[nH]c12. The molecule has 9 nitrogen and oxygen atoms in total. The normalized spacial score (nSPS) is 10.8. The van der Waals surface area contributed by atoms with E-state index in [-0.39, 0.29) is 11.3 Å². The summed E-state index contributed by atoms with van der Waals surface area (Å²) in [5.74, 6) is -0.611. The third kappa shape index (κ3) is 2.76. The maximum absolute atomic E-state index is 12.1. The van der Waals surface area contributed by atoms with Crippen molar-refractivity contribution in [2.45, 2.75) is 0 Å². The van der Waals surface area contributed by atoms with Gasteiger partial charge in [0.25, 0.3) is 5.69 Å². The number of hydrogen-bond acceptors (Lipinski definition) is 6. The lowest BCUT2D eigenvalue weighted by molar-refractivity contribution is -0.384. The van der Waals surface area contributed by atoms with E-state index in [1.165, 1.54) is 24.8 Å². The standard InChI is InChI=1S/C18H12N6O3/c19-17(25)13-3-1-2-12(10-4-6-11(7-5-10)24(26)27)14(13)15-16-18(22-8-20-15)23-9-21-16/h1-9H,(H2,19,25)(H,20,21,22,23). The number of fused-ring (bicyclic) bond motifs is 1. The van der Waals surface area contributed by atoms with Gasteiger partial charge in [-0.15, -0.1) is 0 Å². The molecule has 4 rings (SSSR count). The Labute approximate surface area is 152 Å². The van der Waals surface area contributed by atoms with Crippen LogP contribution in [0.15, 0.2) is 55.1 Å². The number of imidazole rings is 1. The van der Waals surface area contributed by atoms with Gasteiger partial charge in [-0.2, -0.15) is 0 Å². The number of rotatable bonds is 4. The highest BCUT2D eigenvalue weighted by Gasteiger charge is 2.20. The fourth-order valence-corrected chi connectivity index (χ4v) is 2.97. The predicted octanol–water partition coefficient (Wildman–Crippen LogP) is 2.69. The van der Waals surface area contributed by atoms with Gasteiger partial charge in [0.2, 0.25) is 5.91 Å². The van der Waals surface area contributed by atoms with E-state index in [0.29, 0.717) is 33.5 Å². The van der Waals surface area contributed by atoms with Gasteiger partial charge in [-0.1, -0.05) is 12.1 Å². The Morgan fingerprint density at radius 2 is 1.85 bits per heavy atom. The number of carbonyl (C=O) groups excluding carboxylic acids is 1. The van der Waals surface area contributed by atoms with E-state index in [2.05, 4.69) is 19.9 Å². The summed E-state index contributed by atoms with van der Waals surface area (Å²) in [5.41, 5.74) is 9.19. The van der Waals surface area contributed by atoms with Crippen LogP contribution in [0.3, 0.4) is 0 Å². The second-order valence-electron chi connectivity index (χ2n) is 5.72. The molecule has 3 N–H and O–H groups in total. The smallest absolute Gasteiger partial charge is 0.269 e. The number of nitrogens with one attached hydrogen (secondary N) is 1. The molecule has 0 aliphatic rings. The Kier molecular flexibility index (Phi) is 3.81. The van der Waals surface area contributed by atoms with Gasteiger partial charge in [-0.05, 0) is 29.3 Å². The number of carbonyl (C=O) groups is 1. The zero-order valence-corrected chi connectivity index (χ0v) is 13.8. The number of hydrogen-bond donors (Lipinski definition) is 2. The number of primary amides is 1. The summed E-state index contributed by atoms with van der Waals surface area (Å²) in [7, 11) is 0. The molecule has 4 aromatic rings. The number of nitrogens with two attached hydrogens (primary N) is 1. The number of non-ortho nitro benzene ring substituents is 1. The number of H-pyrrole nitrogens is 1. The van der Waals surface area contributed by atoms with Gasteiger partial charge < -0.3 is 10.7 Å². The number of nitrogens with zero attached hydrogens (tertiary/aromatic N) is 4. The predicted molar refractivity (Wildman–Crippen MR) is 97.7 cm³/mol. The van der Waals surface area contributed by atoms with Crippen LogP contribution in [0.2, 0.25) is 0 Å². The molecule has 2 aromatic heterocycles. The first-order chi connectivity index (χ1) is 13.1. The highest BCUT2D eigenvalue weighted by atomic mass is 16.6. The lowest BCUT2D eigenvalue weighted by Gasteiger charge is -2.13. The van der Waals surface area contributed by atoms with Crippen molar-refractivity contribution in [1.82, 2.24) is 19.9 Å². The second kappa shape index (κ2) is 6.30. The summed E-state index contributed by atoms with van der Waals surface area (Å²) < 4.78 is 0. The molecule has 0 bridgehead atoms. The quantitative estimate of drug-likeness (QED) is 0.423. The van der Waals surface area contributed by atoms with Gasteiger partial charge in [0.1, 0.15) is 17.5 Å². The lowest BCUT2D eigenvalue weighted by atomic mass is 9.92. The minimum absolute atomic E-state index is 0.0237. The van der Waals surface area contributed by atoms with Crippen molar-refractivity contribution in [1.29, 1.82) is 0 Å². The Hall–Kier alpha value is -4.14. The van der Waals surface area contributed by atoms with Crippen LogP contribution in [0.1, 0.15) is 10.4 Å². The van der Waals surface area contributed by atoms with E-state index >= 15 is 0 Å². The second-order valence-corrected chi connectivity index (χ2v) is 5.72. The molecular formula is C18H12N6O3. The summed E-state index contributed by atoms with van der Waals surface area (Å²) >= 11 is 0. The number of aromatic amines is 1. The highest BCUT2D eigenvalue weighted by Crippen LogP contribution is 2.36. The molecule has 9 heteroatoms. The average Bonchev–Trinajstić information content (AvgIpc) is 3.16. The van der Waals surface area contributed by atoms with Gasteiger partial charge in [-0.3, -0.25) is 14.9 Å². The minimum atomic E-state index is -0.611. The highest BCUT2D eigenvalue weighted by molar-refractivity contribution is 6.06. The molecule has 1 amide bonds. The van der Waals surface area contributed by atoms with Crippen LogP contribution in [0.25, 0.3) is 33.5 Å². The zero-order valence-electron chi connectivity index (χ0n) is 13.8. The molecule has 27 heavy (non-hydrogen) atoms. The van der Waals surface area contributed by atoms with Crippen molar-refractivity contribution in [3.05, 3.63) is 70.8 Å². The Bertz CT molecular complexity index is 1180. The van der Waals surface area contributed by atoms with Crippen LogP contribution in [0.4, 0.5) is 5.69 Å². The van der Waals surface area contributed by atoms with Crippen molar-refractivity contribution < 1.29 is 9.72 Å². The van der Waals surface area contributed by atoms with E-state index in [1.54, 1.807) is 30.3 Å². The molecule has 0 unspecified atom stereocenters. The van der Waals surface area contributed by atoms with Crippen molar-refractivity contribution in [3.63, 3.8) is 0 Å². The van der Waals surface area contributed by atoms with Gasteiger partial charge in [0.15, 0.2) is 5.65 Å². The molecule has 0 atom stereocenters. The Balaban J connectivity index is 2.01. The van der Waals surface area contributed by atoms with Crippen LogP contribution < -0.4 is 5.73 Å². The number of aromatic nitrogens is 4. The molecule has 2 heterocycles. The molecule has 0 aliphatic heterocycles. The summed E-state index contributed by atoms with van der Waals surface area (Å²) in [5, 5.41) is 10.9. The largest absolute Gasteiger partial charge is 0.366 e. The summed E-state index contributed by atoms with van der Waals surface area (Å²) in [6.07, 6.45) is 2.84. The number of amides is 1. The summed E-state index contributed by atoms with van der Waals surface area (Å²) in [6, 6.07) is 11.2. The molecule has 0 spiro atoms. The summed E-state index contributed by atoms with van der Waals surface area (Å²) in [6.45, 7) is 0. The molecular weight excluding hydrogens is 348 g/mol. The first-order valence-corrected chi connectivity index (χ1v) is 7.88. The maximum Gasteiger partial charge on any atom is 0.269 e. The van der Waals surface area contributed by atoms with E-state index in [4.69, 9.17) is 5.73 Å². The maximum atomic E-state index is 12.1. The molecule has 0 radical (unpaired) electrons. The lowest BCUT2D eigenvalue weighted by Crippen LogP contribution is -2.13. The van der Waals surface area contributed by atoms with Gasteiger partial charge in [-0.25, -0.2) is 15.0 Å². The fraction of sp³-hybridized carbons (Fsp3) is 0. The third-order valence-electron chi connectivity index (χ3n) is 4.18. The molecule has 132 valence electrons. The van der Waals surface area contributed by atoms with Gasteiger partial charge >= 0.3 is 0 Å². The fourth-order valence-electron chi connectivity index (χ4n) is 2.97. The van der Waals surface area contributed by atoms with Gasteiger partial charge in [0, 0.05) is 23.3 Å². The van der Waals surface area contributed by atoms with E-state index in [9.17, 15) is 14.9 Å². The van der Waals surface area contributed by atoms with Crippen LogP contribution in [0.5, 0.6) is 0 Å². The molecule has 0 saturated heterocycles. The Morgan fingerprint density at radius 3 is 2.56 bits per heavy atom.